The minimum atomic E-state index is -3.74. The molecular weight excluding hydrogens is 445 g/mol. The summed E-state index contributed by atoms with van der Waals surface area (Å²) >= 11 is 0. The third kappa shape index (κ3) is 4.94. The Morgan fingerprint density at radius 2 is 1.15 bits per heavy atom. The van der Waals surface area contributed by atoms with Gasteiger partial charge in [-0.25, -0.2) is 8.42 Å². The standard InChI is InChI=1S/C28H28NO2PS/c1-3-29(23(2)24-15-7-4-8-16-24)33(30,31)28-22-14-13-21-27(28)32(25-17-9-5-10-18-25)26-19-11-6-12-20-26/h4-23H,3H2,1-2H3/t23-/m1/s1. The van der Waals surface area contributed by atoms with Gasteiger partial charge in [-0.3, -0.25) is 0 Å². The molecule has 0 unspecified atom stereocenters. The first-order valence-corrected chi connectivity index (χ1v) is 13.9. The minimum absolute atomic E-state index is 0.270. The van der Waals surface area contributed by atoms with Crippen LogP contribution in [-0.4, -0.2) is 19.3 Å². The molecule has 0 radical (unpaired) electrons. The molecule has 4 rings (SSSR count). The summed E-state index contributed by atoms with van der Waals surface area (Å²) in [6.07, 6.45) is 0. The monoisotopic (exact) mass is 473 g/mol. The van der Waals surface area contributed by atoms with Crippen LogP contribution in [0.5, 0.6) is 0 Å². The summed E-state index contributed by atoms with van der Waals surface area (Å²) in [6, 6.07) is 37.4. The van der Waals surface area contributed by atoms with Crippen molar-refractivity contribution in [2.24, 2.45) is 0 Å². The van der Waals surface area contributed by atoms with Crippen LogP contribution in [0.15, 0.2) is 120 Å². The van der Waals surface area contributed by atoms with Crippen molar-refractivity contribution in [3.05, 3.63) is 121 Å². The maximum absolute atomic E-state index is 14.1. The van der Waals surface area contributed by atoms with Gasteiger partial charge in [0.05, 0.1) is 4.90 Å². The number of nitrogens with zero attached hydrogens (tertiary/aromatic N) is 1. The van der Waals surface area contributed by atoms with Gasteiger partial charge in [-0.2, -0.15) is 4.31 Å². The minimum Gasteiger partial charge on any atom is -0.207 e. The van der Waals surface area contributed by atoms with Crippen molar-refractivity contribution < 1.29 is 8.42 Å². The summed E-state index contributed by atoms with van der Waals surface area (Å²) in [6.45, 7) is 4.24. The third-order valence-electron chi connectivity index (χ3n) is 5.75. The molecule has 0 aliphatic heterocycles. The molecule has 0 saturated heterocycles. The van der Waals surface area contributed by atoms with E-state index in [1.807, 2.05) is 98.8 Å². The van der Waals surface area contributed by atoms with Crippen LogP contribution < -0.4 is 15.9 Å². The molecule has 0 heterocycles. The van der Waals surface area contributed by atoms with E-state index in [0.29, 0.717) is 11.4 Å². The summed E-state index contributed by atoms with van der Waals surface area (Å²) in [7, 11) is -4.78. The summed E-state index contributed by atoms with van der Waals surface area (Å²) in [4.78, 5) is 0.383. The van der Waals surface area contributed by atoms with E-state index in [-0.39, 0.29) is 6.04 Å². The Morgan fingerprint density at radius 1 is 0.697 bits per heavy atom. The molecule has 0 aromatic heterocycles. The van der Waals surface area contributed by atoms with Crippen LogP contribution in [0.2, 0.25) is 0 Å². The van der Waals surface area contributed by atoms with Crippen LogP contribution in [0.25, 0.3) is 0 Å². The molecule has 0 saturated carbocycles. The Kier molecular flexibility index (Phi) is 7.39. The molecule has 0 N–H and O–H groups in total. The Labute approximate surface area is 198 Å². The fraction of sp³-hybridized carbons (Fsp3) is 0.143. The predicted octanol–water partition coefficient (Wildman–Crippen LogP) is 5.22. The summed E-state index contributed by atoms with van der Waals surface area (Å²) in [5.74, 6) is 0. The highest BCUT2D eigenvalue weighted by Gasteiger charge is 2.32. The highest BCUT2D eigenvalue weighted by atomic mass is 32.2. The highest BCUT2D eigenvalue weighted by molar-refractivity contribution is 7.90. The Morgan fingerprint density at radius 3 is 1.67 bits per heavy atom. The molecule has 5 heteroatoms. The molecule has 168 valence electrons. The van der Waals surface area contributed by atoms with E-state index < -0.39 is 17.9 Å². The first-order chi connectivity index (χ1) is 16.0. The molecule has 0 fully saturated rings. The van der Waals surface area contributed by atoms with Crippen LogP contribution in [0.4, 0.5) is 0 Å². The second kappa shape index (κ2) is 10.4. The van der Waals surface area contributed by atoms with Crippen LogP contribution in [-0.2, 0) is 10.0 Å². The summed E-state index contributed by atoms with van der Waals surface area (Å²) < 4.78 is 29.8. The maximum Gasteiger partial charge on any atom is 0.244 e. The van der Waals surface area contributed by atoms with Crippen molar-refractivity contribution >= 4 is 33.9 Å². The first kappa shape index (κ1) is 23.4. The lowest BCUT2D eigenvalue weighted by Gasteiger charge is -2.30. The quantitative estimate of drug-likeness (QED) is 0.329. The molecule has 0 bridgehead atoms. The average Bonchev–Trinajstić information content (AvgIpc) is 2.86. The van der Waals surface area contributed by atoms with Crippen LogP contribution in [0.1, 0.15) is 25.5 Å². The van der Waals surface area contributed by atoms with Gasteiger partial charge in [0, 0.05) is 17.9 Å². The van der Waals surface area contributed by atoms with Crippen molar-refractivity contribution in [1.82, 2.24) is 4.31 Å². The first-order valence-electron chi connectivity index (χ1n) is 11.1. The van der Waals surface area contributed by atoms with E-state index in [0.717, 1.165) is 21.5 Å². The topological polar surface area (TPSA) is 37.4 Å². The lowest BCUT2D eigenvalue weighted by molar-refractivity contribution is 0.357. The Bertz CT molecular complexity index is 1240. The zero-order chi connectivity index (χ0) is 23.3. The van der Waals surface area contributed by atoms with Crippen molar-refractivity contribution in [3.8, 4) is 0 Å². The average molecular weight is 474 g/mol. The van der Waals surface area contributed by atoms with Crippen molar-refractivity contribution in [1.29, 1.82) is 0 Å². The summed E-state index contributed by atoms with van der Waals surface area (Å²) in [5.41, 5.74) is 0.980. The Hall–Kier alpha value is -2.78. The van der Waals surface area contributed by atoms with Crippen LogP contribution in [0.3, 0.4) is 0 Å². The molecule has 0 aliphatic carbocycles. The van der Waals surface area contributed by atoms with Gasteiger partial charge in [0.25, 0.3) is 0 Å². The Balaban J connectivity index is 1.86. The number of sulfonamides is 1. The van der Waals surface area contributed by atoms with E-state index >= 15 is 0 Å². The number of hydrogen-bond donors (Lipinski definition) is 0. The molecule has 4 aromatic rings. The largest absolute Gasteiger partial charge is 0.244 e. The molecule has 0 spiro atoms. The van der Waals surface area contributed by atoms with Gasteiger partial charge >= 0.3 is 0 Å². The van der Waals surface area contributed by atoms with E-state index in [1.54, 1.807) is 10.4 Å². The zero-order valence-electron chi connectivity index (χ0n) is 18.9. The normalized spacial score (nSPS) is 12.7. The van der Waals surface area contributed by atoms with Crippen molar-refractivity contribution in [2.75, 3.05) is 6.54 Å². The van der Waals surface area contributed by atoms with Gasteiger partial charge in [-0.05, 0) is 37.1 Å². The van der Waals surface area contributed by atoms with Crippen molar-refractivity contribution in [3.63, 3.8) is 0 Å². The van der Waals surface area contributed by atoms with E-state index in [4.69, 9.17) is 0 Å². The van der Waals surface area contributed by atoms with Crippen LogP contribution in [0, 0.1) is 0 Å². The maximum atomic E-state index is 14.1. The molecular formula is C28H28NO2PS. The molecule has 3 nitrogen and oxygen atoms in total. The van der Waals surface area contributed by atoms with E-state index in [9.17, 15) is 8.42 Å². The van der Waals surface area contributed by atoms with Gasteiger partial charge in [-0.15, -0.1) is 0 Å². The van der Waals surface area contributed by atoms with Crippen LogP contribution >= 0.6 is 7.92 Å². The number of benzene rings is 4. The number of rotatable bonds is 8. The fourth-order valence-corrected chi connectivity index (χ4v) is 8.78. The second-order valence-corrected chi connectivity index (χ2v) is 11.8. The molecule has 1 atom stereocenters. The predicted molar refractivity (Wildman–Crippen MR) is 140 cm³/mol. The van der Waals surface area contributed by atoms with E-state index in [2.05, 4.69) is 24.3 Å². The van der Waals surface area contributed by atoms with Gasteiger partial charge in [0.1, 0.15) is 0 Å². The zero-order valence-corrected chi connectivity index (χ0v) is 20.6. The van der Waals surface area contributed by atoms with Gasteiger partial charge < -0.3 is 0 Å². The molecule has 0 amide bonds. The number of hydrogen-bond acceptors (Lipinski definition) is 2. The third-order valence-corrected chi connectivity index (χ3v) is 10.5. The highest BCUT2D eigenvalue weighted by Crippen LogP contribution is 2.37. The smallest absolute Gasteiger partial charge is 0.207 e. The lowest BCUT2D eigenvalue weighted by atomic mass is 10.1. The second-order valence-electron chi connectivity index (χ2n) is 7.77. The van der Waals surface area contributed by atoms with Gasteiger partial charge in [-0.1, -0.05) is 116 Å². The van der Waals surface area contributed by atoms with Gasteiger partial charge in [0.2, 0.25) is 10.0 Å². The van der Waals surface area contributed by atoms with Crippen molar-refractivity contribution in [2.45, 2.75) is 24.8 Å². The fourth-order valence-electron chi connectivity index (χ4n) is 4.12. The van der Waals surface area contributed by atoms with E-state index in [1.165, 1.54) is 0 Å². The molecule has 33 heavy (non-hydrogen) atoms. The molecule has 4 aromatic carbocycles. The SMILES string of the molecule is CCN([C@H](C)c1ccccc1)S(=O)(=O)c1ccccc1P(c1ccccc1)c1ccccc1. The molecule has 0 aliphatic rings. The van der Waals surface area contributed by atoms with Gasteiger partial charge in [0.15, 0.2) is 0 Å². The summed E-state index contributed by atoms with van der Waals surface area (Å²) in [5, 5.41) is 3.10. The lowest BCUT2D eigenvalue weighted by Crippen LogP contribution is -2.36.